The summed E-state index contributed by atoms with van der Waals surface area (Å²) in [5, 5.41) is 10.4. The standard InChI is InChI=1S/C18H27N3O/c1-19-10-12-21(13-11-19)17-14-20(15-18(17)22)9-5-8-16-6-3-2-4-7-16/h2-8,17-18,22H,9-15H2,1H3/b8-5+/t17-,18-/m0/s1. The largest absolute Gasteiger partial charge is 0.390 e. The van der Waals surface area contributed by atoms with Crippen LogP contribution in [0.25, 0.3) is 6.08 Å². The van der Waals surface area contributed by atoms with Gasteiger partial charge < -0.3 is 10.0 Å². The number of piperazine rings is 1. The van der Waals surface area contributed by atoms with E-state index >= 15 is 0 Å². The van der Waals surface area contributed by atoms with Crippen molar-refractivity contribution in [3.05, 3.63) is 42.0 Å². The number of hydrogen-bond donors (Lipinski definition) is 1. The van der Waals surface area contributed by atoms with Crippen LogP contribution in [0, 0.1) is 0 Å². The van der Waals surface area contributed by atoms with E-state index in [2.05, 4.69) is 58.2 Å². The molecule has 0 radical (unpaired) electrons. The van der Waals surface area contributed by atoms with Gasteiger partial charge in [0.15, 0.2) is 0 Å². The number of likely N-dealkylation sites (tertiary alicyclic amines) is 1. The number of aliphatic hydroxyl groups is 1. The minimum Gasteiger partial charge on any atom is -0.390 e. The average molecular weight is 301 g/mol. The minimum absolute atomic E-state index is 0.214. The predicted molar refractivity (Wildman–Crippen MR) is 90.8 cm³/mol. The van der Waals surface area contributed by atoms with Gasteiger partial charge in [0.1, 0.15) is 0 Å². The highest BCUT2D eigenvalue weighted by molar-refractivity contribution is 5.48. The van der Waals surface area contributed by atoms with Crippen molar-refractivity contribution >= 4 is 6.08 Å². The molecule has 0 spiro atoms. The van der Waals surface area contributed by atoms with E-state index in [0.29, 0.717) is 6.04 Å². The Kier molecular flexibility index (Phi) is 5.26. The molecule has 2 aliphatic rings. The highest BCUT2D eigenvalue weighted by Gasteiger charge is 2.35. The van der Waals surface area contributed by atoms with Crippen molar-refractivity contribution in [2.75, 3.05) is 52.9 Å². The molecule has 4 nitrogen and oxygen atoms in total. The van der Waals surface area contributed by atoms with E-state index in [1.807, 2.05) is 6.07 Å². The quantitative estimate of drug-likeness (QED) is 0.898. The number of rotatable bonds is 4. The molecule has 0 saturated carbocycles. The zero-order valence-electron chi connectivity index (χ0n) is 13.4. The Morgan fingerprint density at radius 1 is 1.09 bits per heavy atom. The van der Waals surface area contributed by atoms with Crippen LogP contribution in [0.15, 0.2) is 36.4 Å². The Morgan fingerprint density at radius 3 is 2.55 bits per heavy atom. The maximum absolute atomic E-state index is 10.4. The van der Waals surface area contributed by atoms with Crippen LogP contribution in [0.4, 0.5) is 0 Å². The summed E-state index contributed by atoms with van der Waals surface area (Å²) in [6.45, 7) is 7.04. The molecule has 2 saturated heterocycles. The van der Waals surface area contributed by atoms with E-state index < -0.39 is 0 Å². The zero-order valence-corrected chi connectivity index (χ0v) is 13.4. The Morgan fingerprint density at radius 2 is 1.82 bits per heavy atom. The highest BCUT2D eigenvalue weighted by atomic mass is 16.3. The molecule has 2 heterocycles. The van der Waals surface area contributed by atoms with Crippen molar-refractivity contribution in [1.29, 1.82) is 0 Å². The van der Waals surface area contributed by atoms with Crippen LogP contribution < -0.4 is 0 Å². The van der Waals surface area contributed by atoms with Crippen molar-refractivity contribution < 1.29 is 5.11 Å². The second-order valence-corrected chi connectivity index (χ2v) is 6.51. The second-order valence-electron chi connectivity index (χ2n) is 6.51. The van der Waals surface area contributed by atoms with Gasteiger partial charge in [0.2, 0.25) is 0 Å². The average Bonchev–Trinajstić information content (AvgIpc) is 2.90. The summed E-state index contributed by atoms with van der Waals surface area (Å²) in [5.41, 5.74) is 1.23. The van der Waals surface area contributed by atoms with Gasteiger partial charge in [-0.3, -0.25) is 9.80 Å². The SMILES string of the molecule is CN1CCN([C@H]2CN(C/C=C/c3ccccc3)C[C@@H]2O)CC1. The fourth-order valence-corrected chi connectivity index (χ4v) is 3.41. The molecule has 0 bridgehead atoms. The van der Waals surface area contributed by atoms with E-state index in [0.717, 1.165) is 45.8 Å². The first kappa shape index (κ1) is 15.7. The topological polar surface area (TPSA) is 30.0 Å². The number of nitrogens with zero attached hydrogens (tertiary/aromatic N) is 3. The fraction of sp³-hybridized carbons (Fsp3) is 0.556. The summed E-state index contributed by atoms with van der Waals surface area (Å²) in [6.07, 6.45) is 4.15. The van der Waals surface area contributed by atoms with Crippen molar-refractivity contribution in [3.63, 3.8) is 0 Å². The Balaban J connectivity index is 1.49. The van der Waals surface area contributed by atoms with E-state index in [1.54, 1.807) is 0 Å². The van der Waals surface area contributed by atoms with Crippen LogP contribution >= 0.6 is 0 Å². The van der Waals surface area contributed by atoms with Crippen molar-refractivity contribution in [2.45, 2.75) is 12.1 Å². The van der Waals surface area contributed by atoms with Gasteiger partial charge in [0.25, 0.3) is 0 Å². The number of likely N-dealkylation sites (N-methyl/N-ethyl adjacent to an activating group) is 1. The van der Waals surface area contributed by atoms with Crippen LogP contribution in [-0.4, -0.2) is 84.8 Å². The summed E-state index contributed by atoms with van der Waals surface area (Å²) in [7, 11) is 2.17. The summed E-state index contributed by atoms with van der Waals surface area (Å²) < 4.78 is 0. The minimum atomic E-state index is -0.214. The molecule has 3 rings (SSSR count). The molecule has 0 unspecified atom stereocenters. The van der Waals surface area contributed by atoms with E-state index in [1.165, 1.54) is 5.56 Å². The third-order valence-electron chi connectivity index (χ3n) is 4.82. The summed E-state index contributed by atoms with van der Waals surface area (Å²) in [4.78, 5) is 7.18. The van der Waals surface area contributed by atoms with Gasteiger partial charge in [-0.15, -0.1) is 0 Å². The molecule has 1 aromatic rings. The predicted octanol–water partition coefficient (Wildman–Crippen LogP) is 0.992. The van der Waals surface area contributed by atoms with Gasteiger partial charge in [0, 0.05) is 51.9 Å². The van der Waals surface area contributed by atoms with Gasteiger partial charge in [-0.05, 0) is 12.6 Å². The van der Waals surface area contributed by atoms with Crippen molar-refractivity contribution in [3.8, 4) is 0 Å². The first-order valence-corrected chi connectivity index (χ1v) is 8.27. The number of aliphatic hydroxyl groups excluding tert-OH is 1. The third kappa shape index (κ3) is 3.96. The van der Waals surface area contributed by atoms with Crippen LogP contribution in [0.3, 0.4) is 0 Å². The number of hydrogen-bond acceptors (Lipinski definition) is 4. The zero-order chi connectivity index (χ0) is 15.4. The van der Waals surface area contributed by atoms with Crippen LogP contribution in [0.5, 0.6) is 0 Å². The van der Waals surface area contributed by atoms with E-state index in [-0.39, 0.29) is 6.10 Å². The monoisotopic (exact) mass is 301 g/mol. The van der Waals surface area contributed by atoms with E-state index in [4.69, 9.17) is 0 Å². The van der Waals surface area contributed by atoms with Crippen LogP contribution in [-0.2, 0) is 0 Å². The summed E-state index contributed by atoms with van der Waals surface area (Å²) >= 11 is 0. The Hall–Kier alpha value is -1.20. The highest BCUT2D eigenvalue weighted by Crippen LogP contribution is 2.18. The van der Waals surface area contributed by atoms with Gasteiger partial charge >= 0.3 is 0 Å². The normalized spacial score (nSPS) is 28.6. The third-order valence-corrected chi connectivity index (χ3v) is 4.82. The molecule has 22 heavy (non-hydrogen) atoms. The van der Waals surface area contributed by atoms with Crippen molar-refractivity contribution in [1.82, 2.24) is 14.7 Å². The summed E-state index contributed by atoms with van der Waals surface area (Å²) in [5.74, 6) is 0. The Labute approximate surface area is 133 Å². The van der Waals surface area contributed by atoms with Crippen LogP contribution in [0.2, 0.25) is 0 Å². The lowest BCUT2D eigenvalue weighted by molar-refractivity contribution is 0.0512. The van der Waals surface area contributed by atoms with Gasteiger partial charge in [-0.1, -0.05) is 42.5 Å². The van der Waals surface area contributed by atoms with Crippen LogP contribution in [0.1, 0.15) is 5.56 Å². The van der Waals surface area contributed by atoms with Gasteiger partial charge in [-0.2, -0.15) is 0 Å². The molecule has 4 heteroatoms. The first-order chi connectivity index (χ1) is 10.7. The lowest BCUT2D eigenvalue weighted by atomic mass is 10.1. The lowest BCUT2D eigenvalue weighted by Crippen LogP contribution is -2.52. The molecule has 1 aromatic carbocycles. The number of benzene rings is 1. The maximum atomic E-state index is 10.4. The Bertz CT molecular complexity index is 482. The molecule has 2 atom stereocenters. The molecular formula is C18H27N3O. The second kappa shape index (κ2) is 7.38. The molecule has 120 valence electrons. The molecule has 0 amide bonds. The van der Waals surface area contributed by atoms with Gasteiger partial charge in [-0.25, -0.2) is 0 Å². The lowest BCUT2D eigenvalue weighted by Gasteiger charge is -2.37. The molecule has 0 aromatic heterocycles. The molecular weight excluding hydrogens is 274 g/mol. The molecule has 2 aliphatic heterocycles. The van der Waals surface area contributed by atoms with Crippen molar-refractivity contribution in [2.24, 2.45) is 0 Å². The molecule has 2 fully saturated rings. The number of β-amino-alcohol motifs (C(OH)–C–C–N with tert-alkyl or cyclic N) is 1. The fourth-order valence-electron chi connectivity index (χ4n) is 3.41. The summed E-state index contributed by atoms with van der Waals surface area (Å²) in [6, 6.07) is 10.7. The molecule has 1 N–H and O–H groups in total. The molecule has 0 aliphatic carbocycles. The van der Waals surface area contributed by atoms with E-state index in [9.17, 15) is 5.11 Å². The first-order valence-electron chi connectivity index (χ1n) is 8.27. The maximum Gasteiger partial charge on any atom is 0.0834 e. The smallest absolute Gasteiger partial charge is 0.0834 e. The van der Waals surface area contributed by atoms with Gasteiger partial charge in [0.05, 0.1) is 6.10 Å².